The van der Waals surface area contributed by atoms with Crippen molar-refractivity contribution in [1.82, 2.24) is 25.3 Å². The number of carbonyl (C=O) groups excluding carboxylic acids is 1. The van der Waals surface area contributed by atoms with Gasteiger partial charge in [0.2, 0.25) is 0 Å². The van der Waals surface area contributed by atoms with Gasteiger partial charge in [0.25, 0.3) is 11.5 Å². The number of aromatic nitrogens is 4. The second kappa shape index (κ2) is 6.72. The molecule has 0 atom stereocenters. The summed E-state index contributed by atoms with van der Waals surface area (Å²) in [6.45, 7) is 5.80. The van der Waals surface area contributed by atoms with E-state index in [0.29, 0.717) is 5.56 Å². The molecule has 0 aliphatic carbocycles. The van der Waals surface area contributed by atoms with Crippen LogP contribution in [0.1, 0.15) is 32.9 Å². The zero-order valence-corrected chi connectivity index (χ0v) is 14.3. The van der Waals surface area contributed by atoms with E-state index in [4.69, 9.17) is 0 Å². The zero-order valence-electron chi connectivity index (χ0n) is 14.3. The van der Waals surface area contributed by atoms with Crippen LogP contribution in [-0.2, 0) is 6.54 Å². The Bertz CT molecular complexity index is 970. The van der Waals surface area contributed by atoms with E-state index in [1.54, 1.807) is 6.20 Å². The second-order valence-corrected chi connectivity index (χ2v) is 6.01. The summed E-state index contributed by atoms with van der Waals surface area (Å²) in [5.74, 6) is -0.377. The quantitative estimate of drug-likeness (QED) is 0.759. The molecule has 0 fully saturated rings. The van der Waals surface area contributed by atoms with Gasteiger partial charge in [-0.25, -0.2) is 4.68 Å². The predicted octanol–water partition coefficient (Wildman–Crippen LogP) is 1.81. The van der Waals surface area contributed by atoms with Gasteiger partial charge in [-0.1, -0.05) is 22.9 Å². The van der Waals surface area contributed by atoms with Crippen LogP contribution in [0.15, 0.2) is 41.3 Å². The lowest BCUT2D eigenvalue weighted by Gasteiger charge is -2.06. The fraction of sp³-hybridized carbons (Fsp3) is 0.222. The molecule has 7 nitrogen and oxygen atoms in total. The second-order valence-electron chi connectivity index (χ2n) is 6.01. The number of aromatic amines is 1. The van der Waals surface area contributed by atoms with Crippen molar-refractivity contribution in [2.75, 3.05) is 0 Å². The van der Waals surface area contributed by atoms with Crippen LogP contribution in [0, 0.1) is 20.8 Å². The van der Waals surface area contributed by atoms with Crippen LogP contribution in [0.4, 0.5) is 0 Å². The van der Waals surface area contributed by atoms with Gasteiger partial charge in [-0.05, 0) is 44.5 Å². The molecule has 0 radical (unpaired) electrons. The van der Waals surface area contributed by atoms with Crippen LogP contribution in [0.2, 0.25) is 0 Å². The van der Waals surface area contributed by atoms with Crippen LogP contribution in [0.25, 0.3) is 5.69 Å². The number of hydrogen-bond donors (Lipinski definition) is 2. The molecule has 3 aromatic rings. The molecule has 1 amide bonds. The fourth-order valence-corrected chi connectivity index (χ4v) is 2.55. The third-order valence-electron chi connectivity index (χ3n) is 3.94. The Balaban J connectivity index is 1.72. The zero-order chi connectivity index (χ0) is 18.0. The maximum atomic E-state index is 12.3. The van der Waals surface area contributed by atoms with Gasteiger partial charge in [-0.2, -0.15) is 0 Å². The summed E-state index contributed by atoms with van der Waals surface area (Å²) in [6, 6.07) is 9.60. The van der Waals surface area contributed by atoms with Crippen LogP contribution in [0.5, 0.6) is 0 Å². The largest absolute Gasteiger partial charge is 0.346 e. The van der Waals surface area contributed by atoms with E-state index >= 15 is 0 Å². The van der Waals surface area contributed by atoms with E-state index in [0.717, 1.165) is 22.5 Å². The summed E-state index contributed by atoms with van der Waals surface area (Å²) in [5.41, 5.74) is 4.12. The van der Waals surface area contributed by atoms with Crippen molar-refractivity contribution in [3.63, 3.8) is 0 Å². The summed E-state index contributed by atoms with van der Waals surface area (Å²) in [7, 11) is 0. The number of aryl methyl sites for hydroxylation is 3. The van der Waals surface area contributed by atoms with E-state index in [1.807, 2.05) is 51.1 Å². The summed E-state index contributed by atoms with van der Waals surface area (Å²) >= 11 is 0. The highest BCUT2D eigenvalue weighted by molar-refractivity contribution is 5.91. The number of pyridine rings is 1. The molecule has 0 unspecified atom stereocenters. The molecule has 0 spiro atoms. The van der Waals surface area contributed by atoms with E-state index < -0.39 is 0 Å². The minimum atomic E-state index is -0.377. The number of amides is 1. The summed E-state index contributed by atoms with van der Waals surface area (Å²) in [4.78, 5) is 27.0. The molecule has 0 aliphatic heterocycles. The highest BCUT2D eigenvalue weighted by Crippen LogP contribution is 2.09. The minimum Gasteiger partial charge on any atom is -0.346 e. The first-order chi connectivity index (χ1) is 11.9. The highest BCUT2D eigenvalue weighted by atomic mass is 16.2. The summed E-state index contributed by atoms with van der Waals surface area (Å²) in [6.07, 6.45) is 1.56. The first kappa shape index (κ1) is 16.6. The third kappa shape index (κ3) is 3.65. The first-order valence-corrected chi connectivity index (χ1v) is 7.91. The number of rotatable bonds is 4. The van der Waals surface area contributed by atoms with Gasteiger partial charge in [0.05, 0.1) is 11.9 Å². The van der Waals surface area contributed by atoms with E-state index in [2.05, 4.69) is 20.6 Å². The molecular weight excluding hydrogens is 318 g/mol. The van der Waals surface area contributed by atoms with Crippen LogP contribution in [-0.4, -0.2) is 25.9 Å². The topological polar surface area (TPSA) is 92.7 Å². The molecular formula is C18H19N5O2. The molecule has 3 rings (SSSR count). The maximum Gasteiger partial charge on any atom is 0.273 e. The number of benzene rings is 1. The van der Waals surface area contributed by atoms with Gasteiger partial charge in [0.1, 0.15) is 0 Å². The molecule has 1 aromatic carbocycles. The van der Waals surface area contributed by atoms with Gasteiger partial charge in [0, 0.05) is 17.8 Å². The van der Waals surface area contributed by atoms with E-state index in [-0.39, 0.29) is 23.7 Å². The summed E-state index contributed by atoms with van der Waals surface area (Å²) < 4.78 is 1.54. The summed E-state index contributed by atoms with van der Waals surface area (Å²) in [5, 5.41) is 10.6. The Hall–Kier alpha value is -3.22. The van der Waals surface area contributed by atoms with Crippen molar-refractivity contribution in [3.8, 4) is 5.69 Å². The molecule has 7 heteroatoms. The van der Waals surface area contributed by atoms with E-state index in [1.165, 1.54) is 4.68 Å². The van der Waals surface area contributed by atoms with Crippen LogP contribution >= 0.6 is 0 Å². The Morgan fingerprint density at radius 3 is 2.60 bits per heavy atom. The lowest BCUT2D eigenvalue weighted by Crippen LogP contribution is -2.28. The fourth-order valence-electron chi connectivity index (χ4n) is 2.55. The van der Waals surface area contributed by atoms with Crippen molar-refractivity contribution < 1.29 is 4.79 Å². The third-order valence-corrected chi connectivity index (χ3v) is 3.94. The number of nitrogens with one attached hydrogen (secondary N) is 2. The highest BCUT2D eigenvalue weighted by Gasteiger charge is 2.13. The normalized spacial score (nSPS) is 10.7. The van der Waals surface area contributed by atoms with Crippen molar-refractivity contribution >= 4 is 5.91 Å². The van der Waals surface area contributed by atoms with Crippen LogP contribution < -0.4 is 10.9 Å². The predicted molar refractivity (Wildman–Crippen MR) is 93.8 cm³/mol. The lowest BCUT2D eigenvalue weighted by molar-refractivity contribution is 0.0945. The SMILES string of the molecule is Cc1ccc(-n2cc(C(=O)NCc3c(C)cc(C)[nH]c3=O)nn2)cc1. The molecule has 128 valence electrons. The number of hydrogen-bond acceptors (Lipinski definition) is 4. The van der Waals surface area contributed by atoms with Crippen molar-refractivity contribution in [2.45, 2.75) is 27.3 Å². The number of H-pyrrole nitrogens is 1. The minimum absolute atomic E-state index is 0.137. The van der Waals surface area contributed by atoms with Gasteiger partial charge in [-0.3, -0.25) is 9.59 Å². The van der Waals surface area contributed by atoms with Gasteiger partial charge in [-0.15, -0.1) is 5.10 Å². The average Bonchev–Trinajstić information content (AvgIpc) is 3.04. The maximum absolute atomic E-state index is 12.3. The molecule has 0 saturated carbocycles. The van der Waals surface area contributed by atoms with Crippen molar-refractivity contribution in [2.24, 2.45) is 0 Å². The lowest BCUT2D eigenvalue weighted by atomic mass is 10.1. The Morgan fingerprint density at radius 2 is 1.92 bits per heavy atom. The monoisotopic (exact) mass is 337 g/mol. The number of nitrogens with zero attached hydrogens (tertiary/aromatic N) is 3. The molecule has 2 aromatic heterocycles. The Labute approximate surface area is 144 Å². The number of carbonyl (C=O) groups is 1. The molecule has 2 N–H and O–H groups in total. The van der Waals surface area contributed by atoms with Gasteiger partial charge < -0.3 is 10.3 Å². The molecule has 2 heterocycles. The first-order valence-electron chi connectivity index (χ1n) is 7.91. The standard InChI is InChI=1S/C18H19N5O2/c1-11-4-6-14(7-5-11)23-10-16(21-22-23)18(25)19-9-15-12(2)8-13(3)20-17(15)24/h4-8,10H,9H2,1-3H3,(H,19,25)(H,20,24). The molecule has 0 saturated heterocycles. The molecule has 0 bridgehead atoms. The smallest absolute Gasteiger partial charge is 0.273 e. The van der Waals surface area contributed by atoms with Gasteiger partial charge >= 0.3 is 0 Å². The molecule has 25 heavy (non-hydrogen) atoms. The van der Waals surface area contributed by atoms with Crippen LogP contribution in [0.3, 0.4) is 0 Å². The van der Waals surface area contributed by atoms with Gasteiger partial charge in [0.15, 0.2) is 5.69 Å². The Morgan fingerprint density at radius 1 is 1.20 bits per heavy atom. The van der Waals surface area contributed by atoms with Crippen molar-refractivity contribution in [3.05, 3.63) is 75.0 Å². The Kier molecular flexibility index (Phi) is 4.47. The van der Waals surface area contributed by atoms with E-state index in [9.17, 15) is 9.59 Å². The molecule has 0 aliphatic rings. The van der Waals surface area contributed by atoms with Crippen molar-refractivity contribution in [1.29, 1.82) is 0 Å². The average molecular weight is 337 g/mol.